The smallest absolute Gasteiger partial charge is 0.145 e. The number of allylic oxidation sites excluding steroid dienone is 2. The second-order valence-electron chi connectivity index (χ2n) is 5.15. The third-order valence-corrected chi connectivity index (χ3v) is 3.74. The molecule has 0 aliphatic heterocycles. The minimum absolute atomic E-state index is 0.241. The Bertz CT molecular complexity index is 802. The summed E-state index contributed by atoms with van der Waals surface area (Å²) in [6.45, 7) is 1.97. The summed E-state index contributed by atoms with van der Waals surface area (Å²) in [6, 6.07) is 13.6. The van der Waals surface area contributed by atoms with Gasteiger partial charge < -0.3 is 10.5 Å². The number of aromatic nitrogens is 2. The number of ether oxygens (including phenoxy) is 1. The highest BCUT2D eigenvalue weighted by Crippen LogP contribution is 2.28. The Morgan fingerprint density at radius 3 is 2.62 bits per heavy atom. The zero-order chi connectivity index (χ0) is 17.5. The van der Waals surface area contributed by atoms with Gasteiger partial charge in [-0.3, -0.25) is 0 Å². The first-order valence-electron chi connectivity index (χ1n) is 7.62. The highest BCUT2D eigenvalue weighted by molar-refractivity contribution is 5.57. The predicted molar refractivity (Wildman–Crippen MR) is 91.0 cm³/mol. The van der Waals surface area contributed by atoms with Crippen LogP contribution in [0.15, 0.2) is 42.2 Å². The summed E-state index contributed by atoms with van der Waals surface area (Å²) in [5.41, 5.74) is 7.46. The normalized spacial score (nSPS) is 12.2. The van der Waals surface area contributed by atoms with Crippen LogP contribution < -0.4 is 5.73 Å². The molecule has 1 aromatic heterocycles. The molecule has 24 heavy (non-hydrogen) atoms. The molecular weight excluding hydrogens is 302 g/mol. The molecular formula is C18H19N5O. The molecule has 0 saturated heterocycles. The molecule has 1 unspecified atom stereocenters. The van der Waals surface area contributed by atoms with Crippen LogP contribution in [0.3, 0.4) is 0 Å². The Balaban J connectivity index is 2.44. The Kier molecular flexibility index (Phi) is 5.59. The summed E-state index contributed by atoms with van der Waals surface area (Å²) in [7, 11) is 1.60. The molecule has 0 saturated carbocycles. The molecule has 1 atom stereocenters. The zero-order valence-electron chi connectivity index (χ0n) is 13.7. The Hall–Kier alpha value is -3.25. The van der Waals surface area contributed by atoms with Crippen LogP contribution in [0.4, 0.5) is 5.82 Å². The highest BCUT2D eigenvalue weighted by Gasteiger charge is 2.23. The van der Waals surface area contributed by atoms with Crippen molar-refractivity contribution < 1.29 is 4.74 Å². The zero-order valence-corrected chi connectivity index (χ0v) is 13.7. The molecule has 0 aliphatic carbocycles. The number of anilines is 1. The second-order valence-corrected chi connectivity index (χ2v) is 5.15. The SMILES string of the molecule is CC/C(=C/CC(C#N)c1nn(-c2ccccc2)c(N)c1C#N)OC. The first-order chi connectivity index (χ1) is 11.7. The van der Waals surface area contributed by atoms with E-state index < -0.39 is 5.92 Å². The van der Waals surface area contributed by atoms with E-state index in [-0.39, 0.29) is 11.4 Å². The number of nitrogens with two attached hydrogens (primary N) is 1. The predicted octanol–water partition coefficient (Wildman–Crippen LogP) is 3.26. The maximum atomic E-state index is 9.51. The Morgan fingerprint density at radius 1 is 1.38 bits per heavy atom. The van der Waals surface area contributed by atoms with Gasteiger partial charge in [-0.1, -0.05) is 25.1 Å². The Morgan fingerprint density at radius 2 is 2.08 bits per heavy atom. The summed E-state index contributed by atoms with van der Waals surface area (Å²) in [4.78, 5) is 0. The number of hydrogen-bond acceptors (Lipinski definition) is 5. The van der Waals surface area contributed by atoms with E-state index in [2.05, 4.69) is 17.2 Å². The molecule has 1 aromatic carbocycles. The molecule has 0 fully saturated rings. The number of hydrogen-bond donors (Lipinski definition) is 1. The van der Waals surface area contributed by atoms with Gasteiger partial charge in [0.1, 0.15) is 23.1 Å². The van der Waals surface area contributed by atoms with Crippen LogP contribution in [0.1, 0.15) is 36.9 Å². The van der Waals surface area contributed by atoms with Gasteiger partial charge in [0.05, 0.1) is 30.5 Å². The second kappa shape index (κ2) is 7.85. The van der Waals surface area contributed by atoms with E-state index in [0.29, 0.717) is 12.1 Å². The first-order valence-corrected chi connectivity index (χ1v) is 7.62. The number of nitrogen functional groups attached to an aromatic ring is 1. The van der Waals surface area contributed by atoms with Gasteiger partial charge in [0.15, 0.2) is 0 Å². The highest BCUT2D eigenvalue weighted by atomic mass is 16.5. The van der Waals surface area contributed by atoms with E-state index in [1.807, 2.05) is 43.3 Å². The molecule has 0 bridgehead atoms. The molecule has 2 N–H and O–H groups in total. The van der Waals surface area contributed by atoms with Crippen LogP contribution in [0, 0.1) is 22.7 Å². The summed E-state index contributed by atoms with van der Waals surface area (Å²) >= 11 is 0. The summed E-state index contributed by atoms with van der Waals surface area (Å²) < 4.78 is 6.72. The van der Waals surface area contributed by atoms with Gasteiger partial charge >= 0.3 is 0 Å². The molecule has 2 rings (SSSR count). The van der Waals surface area contributed by atoms with Gasteiger partial charge in [0.2, 0.25) is 0 Å². The quantitative estimate of drug-likeness (QED) is 0.823. The van der Waals surface area contributed by atoms with Crippen molar-refractivity contribution in [3.05, 3.63) is 53.4 Å². The monoisotopic (exact) mass is 321 g/mol. The van der Waals surface area contributed by atoms with Crippen LogP contribution in [-0.4, -0.2) is 16.9 Å². The number of rotatable bonds is 6. The van der Waals surface area contributed by atoms with Gasteiger partial charge in [-0.25, -0.2) is 4.68 Å². The minimum atomic E-state index is -0.566. The number of nitrogens with zero attached hydrogens (tertiary/aromatic N) is 4. The molecule has 6 heteroatoms. The van der Waals surface area contributed by atoms with Crippen molar-refractivity contribution in [3.63, 3.8) is 0 Å². The topological polar surface area (TPSA) is 101 Å². The largest absolute Gasteiger partial charge is 0.501 e. The number of nitriles is 2. The maximum absolute atomic E-state index is 9.51. The number of benzene rings is 1. The van der Waals surface area contributed by atoms with E-state index in [1.54, 1.807) is 7.11 Å². The third-order valence-electron chi connectivity index (χ3n) is 3.74. The van der Waals surface area contributed by atoms with E-state index in [0.717, 1.165) is 17.9 Å². The van der Waals surface area contributed by atoms with Crippen molar-refractivity contribution in [1.29, 1.82) is 10.5 Å². The van der Waals surface area contributed by atoms with E-state index >= 15 is 0 Å². The van der Waals surface area contributed by atoms with Gasteiger partial charge in [-0.2, -0.15) is 15.6 Å². The van der Waals surface area contributed by atoms with Crippen molar-refractivity contribution in [1.82, 2.24) is 9.78 Å². The van der Waals surface area contributed by atoms with Crippen molar-refractivity contribution in [2.75, 3.05) is 12.8 Å². The number of para-hydroxylation sites is 1. The molecule has 2 aromatic rings. The first kappa shape index (κ1) is 17.1. The average Bonchev–Trinajstić information content (AvgIpc) is 2.96. The van der Waals surface area contributed by atoms with E-state index in [4.69, 9.17) is 10.5 Å². The number of methoxy groups -OCH3 is 1. The molecule has 6 nitrogen and oxygen atoms in total. The van der Waals surface area contributed by atoms with Gasteiger partial charge in [-0.15, -0.1) is 0 Å². The summed E-state index contributed by atoms with van der Waals surface area (Å²) in [5, 5.41) is 23.4. The fourth-order valence-electron chi connectivity index (χ4n) is 2.42. The lowest BCUT2D eigenvalue weighted by molar-refractivity contribution is 0.278. The van der Waals surface area contributed by atoms with Crippen molar-refractivity contribution in [2.45, 2.75) is 25.7 Å². The van der Waals surface area contributed by atoms with Crippen molar-refractivity contribution >= 4 is 5.82 Å². The van der Waals surface area contributed by atoms with Crippen LogP contribution in [0.5, 0.6) is 0 Å². The average molecular weight is 321 g/mol. The lowest BCUT2D eigenvalue weighted by atomic mass is 9.99. The van der Waals surface area contributed by atoms with Crippen LogP contribution in [0.25, 0.3) is 5.69 Å². The van der Waals surface area contributed by atoms with Gasteiger partial charge in [0.25, 0.3) is 0 Å². The van der Waals surface area contributed by atoms with Crippen LogP contribution in [-0.2, 0) is 4.74 Å². The maximum Gasteiger partial charge on any atom is 0.145 e. The lowest BCUT2D eigenvalue weighted by Crippen LogP contribution is -2.02. The lowest BCUT2D eigenvalue weighted by Gasteiger charge is -2.06. The van der Waals surface area contributed by atoms with Gasteiger partial charge in [0, 0.05) is 6.42 Å². The summed E-state index contributed by atoms with van der Waals surface area (Å²) in [6.07, 6.45) is 3.00. The van der Waals surface area contributed by atoms with Crippen molar-refractivity contribution in [2.24, 2.45) is 0 Å². The molecule has 122 valence electrons. The fourth-order valence-corrected chi connectivity index (χ4v) is 2.42. The minimum Gasteiger partial charge on any atom is -0.501 e. The Labute approximate surface area is 141 Å². The molecule has 0 radical (unpaired) electrons. The molecule has 0 spiro atoms. The van der Waals surface area contributed by atoms with Crippen molar-refractivity contribution in [3.8, 4) is 17.8 Å². The fraction of sp³-hybridized carbons (Fsp3) is 0.278. The standard InChI is InChI=1S/C18H19N5O/c1-3-15(24-2)10-9-13(11-19)17-16(12-20)18(21)23(22-17)14-7-5-4-6-8-14/h4-8,10,13H,3,9,21H2,1-2H3/b15-10-. The van der Waals surface area contributed by atoms with Crippen LogP contribution in [0.2, 0.25) is 0 Å². The van der Waals surface area contributed by atoms with Gasteiger partial charge in [-0.05, 0) is 24.6 Å². The van der Waals surface area contributed by atoms with E-state index in [9.17, 15) is 10.5 Å². The molecule has 0 amide bonds. The third kappa shape index (κ3) is 3.39. The van der Waals surface area contributed by atoms with E-state index in [1.165, 1.54) is 4.68 Å². The molecule has 0 aliphatic rings. The molecule has 1 heterocycles. The summed E-state index contributed by atoms with van der Waals surface area (Å²) in [5.74, 6) is 0.471. The van der Waals surface area contributed by atoms with Crippen LogP contribution >= 0.6 is 0 Å².